The van der Waals surface area contributed by atoms with Crippen molar-refractivity contribution in [3.05, 3.63) is 33.7 Å². The summed E-state index contributed by atoms with van der Waals surface area (Å²) in [5.74, 6) is -0.175. The first-order chi connectivity index (χ1) is 11.8. The van der Waals surface area contributed by atoms with Gasteiger partial charge in [0.1, 0.15) is 5.76 Å². The number of aryl methyl sites for hydroxylation is 2. The molecule has 0 spiro atoms. The first-order valence-corrected chi connectivity index (χ1v) is 9.32. The Bertz CT molecular complexity index is 768. The Hall–Kier alpha value is -2.13. The Labute approximate surface area is 153 Å². The van der Waals surface area contributed by atoms with Gasteiger partial charge in [-0.2, -0.15) is 0 Å². The third-order valence-electron chi connectivity index (χ3n) is 3.08. The molecule has 134 valence electrons. The van der Waals surface area contributed by atoms with Gasteiger partial charge in [0.15, 0.2) is 12.4 Å². The Kier molecular flexibility index (Phi) is 6.77. The van der Waals surface area contributed by atoms with E-state index in [2.05, 4.69) is 10.5 Å². The van der Waals surface area contributed by atoms with Crippen molar-refractivity contribution in [3.8, 4) is 0 Å². The average Bonchev–Trinajstić information content (AvgIpc) is 3.18. The van der Waals surface area contributed by atoms with Crippen LogP contribution in [-0.4, -0.2) is 40.4 Å². The number of rotatable bonds is 8. The molecule has 0 saturated carbocycles. The van der Waals surface area contributed by atoms with Crippen molar-refractivity contribution in [1.82, 2.24) is 5.16 Å². The number of hydrogen-bond acceptors (Lipinski definition) is 8. The van der Waals surface area contributed by atoms with Crippen LogP contribution >= 0.6 is 23.1 Å². The molecule has 1 atom stereocenters. The molecule has 0 aliphatic carbocycles. The molecule has 9 heteroatoms. The normalized spacial score (nSPS) is 11.8. The molecule has 2 heterocycles. The van der Waals surface area contributed by atoms with Crippen molar-refractivity contribution in [3.63, 3.8) is 0 Å². The van der Waals surface area contributed by atoms with E-state index in [1.165, 1.54) is 11.3 Å². The maximum Gasteiger partial charge on any atom is 0.316 e. The number of thioether (sulfide) groups is 1. The standard InChI is InChI=1S/C16H18N2O5S2/c1-9-6-14(18-23-9)17-16(21)11(3)24-8-15(20)22-7-12(19)13-5-4-10(2)25-13/h4-6,11H,7-8H2,1-3H3,(H,17,18,21)/t11-/m1/s1. The van der Waals surface area contributed by atoms with Crippen LogP contribution in [0.2, 0.25) is 0 Å². The molecule has 1 amide bonds. The van der Waals surface area contributed by atoms with Crippen molar-refractivity contribution in [1.29, 1.82) is 0 Å². The van der Waals surface area contributed by atoms with Gasteiger partial charge in [-0.25, -0.2) is 0 Å². The SMILES string of the molecule is Cc1cc(NC(=O)[C@@H](C)SCC(=O)OCC(=O)c2ccc(C)s2)no1. The van der Waals surface area contributed by atoms with Crippen LogP contribution in [0.3, 0.4) is 0 Å². The van der Waals surface area contributed by atoms with Gasteiger partial charge in [-0.3, -0.25) is 14.4 Å². The van der Waals surface area contributed by atoms with Gasteiger partial charge in [0.05, 0.1) is 15.9 Å². The number of Topliss-reactive ketones (excluding diaryl/α,β-unsaturated/α-hetero) is 1. The molecular formula is C16H18N2O5S2. The summed E-state index contributed by atoms with van der Waals surface area (Å²) >= 11 is 2.48. The van der Waals surface area contributed by atoms with Crippen molar-refractivity contribution < 1.29 is 23.6 Å². The monoisotopic (exact) mass is 382 g/mol. The second-order valence-corrected chi connectivity index (χ2v) is 7.88. The molecule has 7 nitrogen and oxygen atoms in total. The molecule has 0 fully saturated rings. The van der Waals surface area contributed by atoms with E-state index >= 15 is 0 Å². The number of thiophene rings is 1. The molecule has 0 bridgehead atoms. The van der Waals surface area contributed by atoms with E-state index in [1.54, 1.807) is 26.0 Å². The summed E-state index contributed by atoms with van der Waals surface area (Å²) in [6, 6.07) is 5.15. The van der Waals surface area contributed by atoms with Crippen LogP contribution in [0.25, 0.3) is 0 Å². The zero-order valence-corrected chi connectivity index (χ0v) is 15.7. The van der Waals surface area contributed by atoms with Crippen LogP contribution < -0.4 is 5.32 Å². The Morgan fingerprint density at radius 1 is 1.36 bits per heavy atom. The fraction of sp³-hybridized carbons (Fsp3) is 0.375. The summed E-state index contributed by atoms with van der Waals surface area (Å²) in [4.78, 5) is 37.1. The van der Waals surface area contributed by atoms with E-state index in [1.807, 2.05) is 13.0 Å². The van der Waals surface area contributed by atoms with Crippen LogP contribution in [0.15, 0.2) is 22.7 Å². The third kappa shape index (κ3) is 6.02. The Balaban J connectivity index is 1.70. The number of nitrogens with one attached hydrogen (secondary N) is 1. The maximum atomic E-state index is 12.0. The summed E-state index contributed by atoms with van der Waals surface area (Å²) in [5.41, 5.74) is 0. The topological polar surface area (TPSA) is 98.5 Å². The molecule has 2 aromatic rings. The highest BCUT2D eigenvalue weighted by atomic mass is 32.2. The minimum absolute atomic E-state index is 0.0246. The van der Waals surface area contributed by atoms with E-state index in [0.717, 1.165) is 16.6 Å². The lowest BCUT2D eigenvalue weighted by atomic mass is 10.3. The molecule has 2 aromatic heterocycles. The van der Waals surface area contributed by atoms with E-state index in [9.17, 15) is 14.4 Å². The van der Waals surface area contributed by atoms with E-state index in [-0.39, 0.29) is 24.1 Å². The quantitative estimate of drug-likeness (QED) is 0.554. The number of ether oxygens (including phenoxy) is 1. The van der Waals surface area contributed by atoms with Gasteiger partial charge < -0.3 is 14.6 Å². The van der Waals surface area contributed by atoms with Crippen molar-refractivity contribution in [2.24, 2.45) is 0 Å². The molecular weight excluding hydrogens is 364 g/mol. The first-order valence-electron chi connectivity index (χ1n) is 7.46. The van der Waals surface area contributed by atoms with Crippen LogP contribution in [0.4, 0.5) is 5.82 Å². The largest absolute Gasteiger partial charge is 0.457 e. The lowest BCUT2D eigenvalue weighted by Crippen LogP contribution is -2.24. The summed E-state index contributed by atoms with van der Waals surface area (Å²) in [7, 11) is 0. The Morgan fingerprint density at radius 2 is 2.12 bits per heavy atom. The molecule has 0 radical (unpaired) electrons. The Morgan fingerprint density at radius 3 is 2.72 bits per heavy atom. The van der Waals surface area contributed by atoms with Crippen LogP contribution in [0.1, 0.15) is 27.2 Å². The van der Waals surface area contributed by atoms with E-state index in [4.69, 9.17) is 9.26 Å². The van der Waals surface area contributed by atoms with E-state index in [0.29, 0.717) is 16.5 Å². The molecule has 0 aliphatic heterocycles. The van der Waals surface area contributed by atoms with E-state index < -0.39 is 11.2 Å². The average molecular weight is 382 g/mol. The first kappa shape index (κ1) is 19.2. The molecule has 25 heavy (non-hydrogen) atoms. The number of esters is 1. The molecule has 1 N–H and O–H groups in total. The second-order valence-electron chi connectivity index (χ2n) is 5.26. The number of ketones is 1. The summed E-state index contributed by atoms with van der Waals surface area (Å²) in [6.07, 6.45) is 0. The van der Waals surface area contributed by atoms with Crippen LogP contribution in [-0.2, 0) is 14.3 Å². The number of hydrogen-bond donors (Lipinski definition) is 1. The summed E-state index contributed by atoms with van der Waals surface area (Å²) in [6.45, 7) is 4.99. The summed E-state index contributed by atoms with van der Waals surface area (Å²) in [5, 5.41) is 5.77. The van der Waals surface area contributed by atoms with Gasteiger partial charge in [-0.05, 0) is 32.9 Å². The second kappa shape index (κ2) is 8.82. The van der Waals surface area contributed by atoms with Gasteiger partial charge in [0.2, 0.25) is 11.7 Å². The zero-order valence-electron chi connectivity index (χ0n) is 14.0. The molecule has 0 saturated heterocycles. The lowest BCUT2D eigenvalue weighted by Gasteiger charge is -2.10. The number of carbonyl (C=O) groups is 3. The smallest absolute Gasteiger partial charge is 0.316 e. The van der Waals surface area contributed by atoms with Crippen molar-refractivity contribution in [2.45, 2.75) is 26.0 Å². The fourth-order valence-electron chi connectivity index (χ4n) is 1.77. The van der Waals surface area contributed by atoms with Gasteiger partial charge in [0.25, 0.3) is 0 Å². The van der Waals surface area contributed by atoms with Gasteiger partial charge >= 0.3 is 5.97 Å². The minimum Gasteiger partial charge on any atom is -0.457 e. The number of carbonyl (C=O) groups excluding carboxylic acids is 3. The van der Waals surface area contributed by atoms with Gasteiger partial charge in [-0.15, -0.1) is 23.1 Å². The van der Waals surface area contributed by atoms with Gasteiger partial charge in [-0.1, -0.05) is 5.16 Å². The number of amides is 1. The van der Waals surface area contributed by atoms with Crippen LogP contribution in [0.5, 0.6) is 0 Å². The number of anilines is 1. The third-order valence-corrected chi connectivity index (χ3v) is 5.24. The fourth-order valence-corrected chi connectivity index (χ4v) is 3.24. The molecule has 0 unspecified atom stereocenters. The zero-order chi connectivity index (χ0) is 18.4. The minimum atomic E-state index is -0.538. The molecule has 0 aromatic carbocycles. The number of nitrogens with zero attached hydrogens (tertiary/aromatic N) is 1. The van der Waals surface area contributed by atoms with Crippen molar-refractivity contribution in [2.75, 3.05) is 17.7 Å². The van der Waals surface area contributed by atoms with Gasteiger partial charge in [0, 0.05) is 10.9 Å². The predicted octanol–water partition coefficient (Wildman–Crippen LogP) is 2.84. The molecule has 0 aliphatic rings. The summed E-state index contributed by atoms with van der Waals surface area (Å²) < 4.78 is 9.82. The predicted molar refractivity (Wildman–Crippen MR) is 96.1 cm³/mol. The van der Waals surface area contributed by atoms with Crippen molar-refractivity contribution >= 4 is 46.6 Å². The highest BCUT2D eigenvalue weighted by Gasteiger charge is 2.18. The number of aromatic nitrogens is 1. The molecule has 2 rings (SSSR count). The lowest BCUT2D eigenvalue weighted by molar-refractivity contribution is -0.139. The highest BCUT2D eigenvalue weighted by molar-refractivity contribution is 8.01. The maximum absolute atomic E-state index is 12.0. The van der Waals surface area contributed by atoms with Crippen LogP contribution in [0, 0.1) is 13.8 Å². The highest BCUT2D eigenvalue weighted by Crippen LogP contribution is 2.17.